The highest BCUT2D eigenvalue weighted by atomic mass is 32.1. The number of hydrogen-bond donors (Lipinski definition) is 0. The molecular weight excluding hydrogens is 346 g/mol. The highest BCUT2D eigenvalue weighted by Gasteiger charge is 2.25. The summed E-state index contributed by atoms with van der Waals surface area (Å²) in [7, 11) is 3.43. The fourth-order valence-electron chi connectivity index (χ4n) is 3.29. The van der Waals surface area contributed by atoms with Gasteiger partial charge in [-0.25, -0.2) is 4.98 Å². The first-order chi connectivity index (χ1) is 12.6. The van der Waals surface area contributed by atoms with Gasteiger partial charge in [-0.3, -0.25) is 4.79 Å². The molecule has 1 aromatic carbocycles. The van der Waals surface area contributed by atoms with Crippen molar-refractivity contribution in [1.82, 2.24) is 20.1 Å². The summed E-state index contributed by atoms with van der Waals surface area (Å²) >= 11 is 1.79. The summed E-state index contributed by atoms with van der Waals surface area (Å²) in [4.78, 5) is 20.5. The minimum absolute atomic E-state index is 0.130. The van der Waals surface area contributed by atoms with Crippen LogP contribution in [-0.4, -0.2) is 53.2 Å². The molecule has 7 heteroatoms. The van der Waals surface area contributed by atoms with E-state index in [1.54, 1.807) is 31.5 Å². The van der Waals surface area contributed by atoms with Gasteiger partial charge in [-0.2, -0.15) is 0 Å². The largest absolute Gasteiger partial charge is 0.354 e. The Hall–Kier alpha value is -2.54. The number of amides is 1. The molecule has 1 atom stereocenters. The van der Waals surface area contributed by atoms with Crippen molar-refractivity contribution >= 4 is 33.3 Å². The van der Waals surface area contributed by atoms with Gasteiger partial charge in [-0.1, -0.05) is 12.1 Å². The number of benzene rings is 1. The van der Waals surface area contributed by atoms with Crippen LogP contribution in [0.25, 0.3) is 10.2 Å². The molecule has 1 fully saturated rings. The Morgan fingerprint density at radius 3 is 2.77 bits per heavy atom. The lowest BCUT2D eigenvalue weighted by atomic mass is 9.99. The van der Waals surface area contributed by atoms with Gasteiger partial charge in [0.05, 0.1) is 15.2 Å². The highest BCUT2D eigenvalue weighted by Crippen LogP contribution is 2.33. The Labute approximate surface area is 156 Å². The maximum atomic E-state index is 12.0. The molecule has 3 heterocycles. The van der Waals surface area contributed by atoms with Crippen LogP contribution in [0.2, 0.25) is 0 Å². The third-order valence-corrected chi connectivity index (χ3v) is 5.88. The third-order valence-electron chi connectivity index (χ3n) is 4.68. The predicted molar refractivity (Wildman–Crippen MR) is 104 cm³/mol. The van der Waals surface area contributed by atoms with E-state index in [2.05, 4.69) is 33.3 Å². The normalized spacial score (nSPS) is 17.5. The zero-order chi connectivity index (χ0) is 18.1. The lowest BCUT2D eigenvalue weighted by molar-refractivity contribution is 0.0821. The average Bonchev–Trinajstić information content (AvgIpc) is 3.12. The predicted octanol–water partition coefficient (Wildman–Crippen LogP) is 3.17. The molecule has 1 aliphatic heterocycles. The molecule has 1 amide bonds. The minimum atomic E-state index is -0.130. The number of hydrogen-bond acceptors (Lipinski definition) is 6. The molecule has 3 aromatic rings. The topological polar surface area (TPSA) is 62.2 Å². The smallest absolute Gasteiger partial charge is 0.273 e. The molecule has 0 radical (unpaired) electrons. The monoisotopic (exact) mass is 367 g/mol. The second kappa shape index (κ2) is 6.99. The van der Waals surface area contributed by atoms with Gasteiger partial charge in [-0.05, 0) is 37.1 Å². The van der Waals surface area contributed by atoms with E-state index in [1.165, 1.54) is 14.6 Å². The first kappa shape index (κ1) is 16.9. The van der Waals surface area contributed by atoms with Crippen molar-refractivity contribution in [2.45, 2.75) is 18.8 Å². The summed E-state index contributed by atoms with van der Waals surface area (Å²) in [6, 6.07) is 11.9. The fraction of sp³-hybridized carbons (Fsp3) is 0.368. The van der Waals surface area contributed by atoms with Gasteiger partial charge in [0.1, 0.15) is 0 Å². The van der Waals surface area contributed by atoms with Crippen molar-refractivity contribution in [2.24, 2.45) is 0 Å². The summed E-state index contributed by atoms with van der Waals surface area (Å²) < 4.78 is 1.24. The van der Waals surface area contributed by atoms with Crippen molar-refractivity contribution in [2.75, 3.05) is 32.1 Å². The van der Waals surface area contributed by atoms with Gasteiger partial charge >= 0.3 is 0 Å². The lowest BCUT2D eigenvalue weighted by Crippen LogP contribution is -2.35. The first-order valence-corrected chi connectivity index (χ1v) is 9.59. The number of aromatic nitrogens is 3. The molecular formula is C19H21N5OS. The molecule has 0 bridgehead atoms. The molecule has 0 aliphatic carbocycles. The van der Waals surface area contributed by atoms with Gasteiger partial charge in [0, 0.05) is 33.1 Å². The summed E-state index contributed by atoms with van der Waals surface area (Å²) in [5.41, 5.74) is 1.45. The molecule has 1 aliphatic rings. The van der Waals surface area contributed by atoms with Gasteiger partial charge < -0.3 is 9.80 Å². The third kappa shape index (κ3) is 3.26. The molecule has 0 saturated carbocycles. The number of para-hydroxylation sites is 1. The van der Waals surface area contributed by atoms with E-state index in [0.717, 1.165) is 37.3 Å². The number of fused-ring (bicyclic) bond motifs is 1. The standard InChI is InChI=1S/C19H21N5OS/c1-23(2)19(25)15-9-10-17(22-21-15)24-11-5-6-13(12-24)18-20-14-7-3-4-8-16(14)26-18/h3-4,7-10,13H,5-6,11-12H2,1-2H3. The molecule has 0 N–H and O–H groups in total. The maximum absolute atomic E-state index is 12.0. The number of carbonyl (C=O) groups is 1. The van der Waals surface area contributed by atoms with Crippen molar-refractivity contribution in [3.63, 3.8) is 0 Å². The van der Waals surface area contributed by atoms with Crippen molar-refractivity contribution in [1.29, 1.82) is 0 Å². The van der Waals surface area contributed by atoms with Crippen LogP contribution in [0.15, 0.2) is 36.4 Å². The molecule has 4 rings (SSSR count). The second-order valence-corrected chi connectivity index (χ2v) is 7.84. The fourth-order valence-corrected chi connectivity index (χ4v) is 4.38. The van der Waals surface area contributed by atoms with E-state index >= 15 is 0 Å². The summed E-state index contributed by atoms with van der Waals surface area (Å²) in [5, 5.41) is 9.60. The SMILES string of the molecule is CN(C)C(=O)c1ccc(N2CCCC(c3nc4ccccc4s3)C2)nn1. The zero-order valence-corrected chi connectivity index (χ0v) is 15.7. The molecule has 0 spiro atoms. The number of anilines is 1. The molecule has 134 valence electrons. The van der Waals surface area contributed by atoms with Crippen LogP contribution in [-0.2, 0) is 0 Å². The second-order valence-electron chi connectivity index (χ2n) is 6.78. The zero-order valence-electron chi connectivity index (χ0n) is 14.9. The van der Waals surface area contributed by atoms with E-state index in [-0.39, 0.29) is 5.91 Å². The van der Waals surface area contributed by atoms with E-state index in [9.17, 15) is 4.79 Å². The summed E-state index contributed by atoms with van der Waals surface area (Å²) in [6.07, 6.45) is 2.24. The van der Waals surface area contributed by atoms with Gasteiger partial charge in [0.15, 0.2) is 11.5 Å². The van der Waals surface area contributed by atoms with Crippen molar-refractivity contribution in [3.05, 3.63) is 47.1 Å². The molecule has 1 unspecified atom stereocenters. The summed E-state index contributed by atoms with van der Waals surface area (Å²) in [6.45, 7) is 1.84. The van der Waals surface area contributed by atoms with E-state index in [0.29, 0.717) is 11.6 Å². The maximum Gasteiger partial charge on any atom is 0.273 e. The lowest BCUT2D eigenvalue weighted by Gasteiger charge is -2.32. The number of thiazole rings is 1. The van der Waals surface area contributed by atoms with Crippen LogP contribution < -0.4 is 4.90 Å². The highest BCUT2D eigenvalue weighted by molar-refractivity contribution is 7.18. The van der Waals surface area contributed by atoms with Crippen molar-refractivity contribution in [3.8, 4) is 0 Å². The Morgan fingerprint density at radius 1 is 1.19 bits per heavy atom. The van der Waals surface area contributed by atoms with Crippen LogP contribution >= 0.6 is 11.3 Å². The Bertz CT molecular complexity index is 888. The average molecular weight is 367 g/mol. The minimum Gasteiger partial charge on any atom is -0.354 e. The van der Waals surface area contributed by atoms with Crippen LogP contribution in [0.5, 0.6) is 0 Å². The number of piperidine rings is 1. The number of rotatable bonds is 3. The Balaban J connectivity index is 1.52. The van der Waals surface area contributed by atoms with Crippen LogP contribution in [0.3, 0.4) is 0 Å². The quantitative estimate of drug-likeness (QED) is 0.711. The molecule has 1 saturated heterocycles. The first-order valence-electron chi connectivity index (χ1n) is 8.77. The van der Waals surface area contributed by atoms with E-state index in [4.69, 9.17) is 4.98 Å². The van der Waals surface area contributed by atoms with E-state index < -0.39 is 0 Å². The van der Waals surface area contributed by atoms with Crippen molar-refractivity contribution < 1.29 is 4.79 Å². The van der Waals surface area contributed by atoms with Crippen LogP contribution in [0.4, 0.5) is 5.82 Å². The Morgan fingerprint density at radius 2 is 2.04 bits per heavy atom. The Kier molecular flexibility index (Phi) is 4.55. The number of nitrogens with zero attached hydrogens (tertiary/aromatic N) is 5. The summed E-state index contributed by atoms with van der Waals surface area (Å²) in [5.74, 6) is 1.10. The van der Waals surface area contributed by atoms with Crippen LogP contribution in [0, 0.1) is 0 Å². The van der Waals surface area contributed by atoms with E-state index in [1.807, 2.05) is 12.1 Å². The molecule has 6 nitrogen and oxygen atoms in total. The van der Waals surface area contributed by atoms with Gasteiger partial charge in [-0.15, -0.1) is 21.5 Å². The number of carbonyl (C=O) groups excluding carboxylic acids is 1. The van der Waals surface area contributed by atoms with Gasteiger partial charge in [0.25, 0.3) is 5.91 Å². The van der Waals surface area contributed by atoms with Crippen LogP contribution in [0.1, 0.15) is 34.3 Å². The molecule has 26 heavy (non-hydrogen) atoms. The molecule has 2 aromatic heterocycles. The van der Waals surface area contributed by atoms with Gasteiger partial charge in [0.2, 0.25) is 0 Å².